The maximum atomic E-state index is 12.1. The van der Waals surface area contributed by atoms with Gasteiger partial charge in [-0.05, 0) is 24.3 Å². The molecule has 0 amide bonds. The summed E-state index contributed by atoms with van der Waals surface area (Å²) in [6, 6.07) is 12.7. The Labute approximate surface area is 196 Å². The number of anilines is 5. The fraction of sp³-hybridized carbons (Fsp3) is 0.273. The van der Waals surface area contributed by atoms with Gasteiger partial charge in [-0.1, -0.05) is 23.7 Å². The molecule has 0 bridgehead atoms. The van der Waals surface area contributed by atoms with Crippen LogP contribution in [-0.2, 0) is 14.6 Å². The molecule has 11 heteroatoms. The predicted octanol–water partition coefficient (Wildman–Crippen LogP) is 3.62. The van der Waals surface area contributed by atoms with Gasteiger partial charge >= 0.3 is 0 Å². The Morgan fingerprint density at radius 1 is 1.15 bits per heavy atom. The molecule has 3 heterocycles. The summed E-state index contributed by atoms with van der Waals surface area (Å²) in [7, 11) is -3.43. The van der Waals surface area contributed by atoms with Crippen LogP contribution in [0, 0.1) is 0 Å². The molecule has 0 aliphatic carbocycles. The van der Waals surface area contributed by atoms with E-state index < -0.39 is 9.84 Å². The van der Waals surface area contributed by atoms with E-state index in [1.807, 2.05) is 18.2 Å². The van der Waals surface area contributed by atoms with Crippen molar-refractivity contribution in [3.8, 4) is 5.75 Å². The van der Waals surface area contributed by atoms with Crippen LogP contribution in [0.3, 0.4) is 0 Å². The van der Waals surface area contributed by atoms with Gasteiger partial charge in [0.1, 0.15) is 17.4 Å². The standard InChI is InChI=1S/C22H22ClN5O4S/c1-33(29,30)20-5-3-2-4-17(20)26-21-16(23)11-24-22(27-21)25-14-6-7-18-19(10-14)32-13-15-12-31-9-8-28(15)18/h2-7,10-11,15H,8-9,12-13H2,1H3,(H2,24,25,26,27)/t15-/m0/s1. The highest BCUT2D eigenvalue weighted by molar-refractivity contribution is 7.90. The van der Waals surface area contributed by atoms with Crippen molar-refractivity contribution < 1.29 is 17.9 Å². The van der Waals surface area contributed by atoms with Crippen LogP contribution in [0.1, 0.15) is 0 Å². The molecule has 2 aromatic carbocycles. The van der Waals surface area contributed by atoms with Crippen LogP contribution in [0.15, 0.2) is 53.6 Å². The molecule has 0 spiro atoms. The number of ether oxygens (including phenoxy) is 2. The molecule has 172 valence electrons. The van der Waals surface area contributed by atoms with E-state index in [0.717, 1.165) is 29.9 Å². The maximum absolute atomic E-state index is 12.1. The number of sulfone groups is 1. The first-order chi connectivity index (χ1) is 15.9. The monoisotopic (exact) mass is 487 g/mol. The molecule has 33 heavy (non-hydrogen) atoms. The van der Waals surface area contributed by atoms with Crippen molar-refractivity contribution in [1.29, 1.82) is 0 Å². The van der Waals surface area contributed by atoms with Crippen LogP contribution in [-0.4, -0.2) is 57.0 Å². The van der Waals surface area contributed by atoms with Gasteiger partial charge in [0.25, 0.3) is 0 Å². The van der Waals surface area contributed by atoms with Crippen molar-refractivity contribution in [2.24, 2.45) is 0 Å². The number of hydrogen-bond acceptors (Lipinski definition) is 9. The van der Waals surface area contributed by atoms with Gasteiger partial charge in [0.15, 0.2) is 15.7 Å². The summed E-state index contributed by atoms with van der Waals surface area (Å²) < 4.78 is 35.7. The first kappa shape index (κ1) is 21.7. The zero-order valence-corrected chi connectivity index (χ0v) is 19.4. The molecule has 0 radical (unpaired) electrons. The average molecular weight is 488 g/mol. The lowest BCUT2D eigenvalue weighted by molar-refractivity contribution is 0.0705. The van der Waals surface area contributed by atoms with Gasteiger partial charge in [0.2, 0.25) is 5.95 Å². The number of rotatable bonds is 5. The Bertz CT molecular complexity index is 1300. The highest BCUT2D eigenvalue weighted by Crippen LogP contribution is 2.37. The summed E-state index contributed by atoms with van der Waals surface area (Å²) in [5, 5.41) is 6.43. The molecule has 3 aromatic rings. The quantitative estimate of drug-likeness (QED) is 0.558. The van der Waals surface area contributed by atoms with Gasteiger partial charge in [-0.2, -0.15) is 4.98 Å². The van der Waals surface area contributed by atoms with Crippen LogP contribution >= 0.6 is 11.6 Å². The maximum Gasteiger partial charge on any atom is 0.229 e. The summed E-state index contributed by atoms with van der Waals surface area (Å²) in [5.74, 6) is 1.38. The topological polar surface area (TPSA) is 106 Å². The third-order valence-electron chi connectivity index (χ3n) is 5.47. The van der Waals surface area contributed by atoms with Crippen LogP contribution in [0.5, 0.6) is 5.75 Å². The second kappa shape index (κ2) is 8.69. The molecular formula is C22H22ClN5O4S. The minimum Gasteiger partial charge on any atom is -0.489 e. The van der Waals surface area contributed by atoms with Gasteiger partial charge in [-0.3, -0.25) is 0 Å². The lowest BCUT2D eigenvalue weighted by atomic mass is 10.1. The number of benzene rings is 2. The minimum atomic E-state index is -3.43. The van der Waals surface area contributed by atoms with Crippen molar-refractivity contribution in [2.45, 2.75) is 10.9 Å². The zero-order valence-electron chi connectivity index (χ0n) is 17.8. The van der Waals surface area contributed by atoms with E-state index in [9.17, 15) is 8.42 Å². The average Bonchev–Trinajstić information content (AvgIpc) is 2.81. The van der Waals surface area contributed by atoms with E-state index in [-0.39, 0.29) is 21.8 Å². The highest BCUT2D eigenvalue weighted by Gasteiger charge is 2.30. The number of morpholine rings is 1. The Kier molecular flexibility index (Phi) is 5.73. The molecule has 0 unspecified atom stereocenters. The predicted molar refractivity (Wildman–Crippen MR) is 127 cm³/mol. The SMILES string of the molecule is CS(=O)(=O)c1ccccc1Nc1nc(Nc2ccc3c(c2)OC[C@@H]2COCCN32)ncc1Cl. The van der Waals surface area contributed by atoms with E-state index in [1.165, 1.54) is 12.3 Å². The molecular weight excluding hydrogens is 466 g/mol. The minimum absolute atomic E-state index is 0.155. The van der Waals surface area contributed by atoms with Gasteiger partial charge in [0.05, 0.1) is 41.7 Å². The molecule has 2 aliphatic heterocycles. The fourth-order valence-corrected chi connectivity index (χ4v) is 4.89. The molecule has 2 aliphatic rings. The number of nitrogens with one attached hydrogen (secondary N) is 2. The molecule has 1 aromatic heterocycles. The molecule has 9 nitrogen and oxygen atoms in total. The third-order valence-corrected chi connectivity index (χ3v) is 6.90. The number of fused-ring (bicyclic) bond motifs is 3. The zero-order chi connectivity index (χ0) is 23.0. The van der Waals surface area contributed by atoms with Crippen molar-refractivity contribution >= 4 is 50.3 Å². The molecule has 0 saturated carbocycles. The Balaban J connectivity index is 1.39. The van der Waals surface area contributed by atoms with E-state index in [0.29, 0.717) is 31.5 Å². The molecule has 1 atom stereocenters. The highest BCUT2D eigenvalue weighted by atomic mass is 35.5. The van der Waals surface area contributed by atoms with E-state index in [2.05, 4.69) is 25.5 Å². The lowest BCUT2D eigenvalue weighted by Crippen LogP contribution is -2.51. The van der Waals surface area contributed by atoms with Crippen molar-refractivity contribution in [1.82, 2.24) is 9.97 Å². The molecule has 1 fully saturated rings. The molecule has 2 N–H and O–H groups in total. The second-order valence-corrected chi connectivity index (χ2v) is 10.2. The molecule has 1 saturated heterocycles. The second-order valence-electron chi connectivity index (χ2n) is 7.82. The van der Waals surface area contributed by atoms with Gasteiger partial charge < -0.3 is 25.0 Å². The summed E-state index contributed by atoms with van der Waals surface area (Å²) in [6.45, 7) is 2.77. The first-order valence-corrected chi connectivity index (χ1v) is 12.6. The molecule has 5 rings (SSSR count). The lowest BCUT2D eigenvalue weighted by Gasteiger charge is -2.41. The van der Waals surface area contributed by atoms with Crippen LogP contribution < -0.4 is 20.3 Å². The number of halogens is 1. The van der Waals surface area contributed by atoms with E-state index in [4.69, 9.17) is 21.1 Å². The summed E-state index contributed by atoms with van der Waals surface area (Å²) >= 11 is 6.28. The van der Waals surface area contributed by atoms with Gasteiger partial charge in [-0.25, -0.2) is 13.4 Å². The Morgan fingerprint density at radius 3 is 2.85 bits per heavy atom. The normalized spacial score (nSPS) is 17.5. The van der Waals surface area contributed by atoms with Crippen LogP contribution in [0.25, 0.3) is 0 Å². The van der Waals surface area contributed by atoms with E-state index in [1.54, 1.807) is 18.2 Å². The first-order valence-electron chi connectivity index (χ1n) is 10.4. The summed E-state index contributed by atoms with van der Waals surface area (Å²) in [5.41, 5.74) is 2.18. The number of aromatic nitrogens is 2. The fourth-order valence-electron chi connectivity index (χ4n) is 3.91. The van der Waals surface area contributed by atoms with Gasteiger partial charge in [0, 0.05) is 24.6 Å². The number of hydrogen-bond donors (Lipinski definition) is 2. The summed E-state index contributed by atoms with van der Waals surface area (Å²) in [4.78, 5) is 11.1. The van der Waals surface area contributed by atoms with Crippen molar-refractivity contribution in [3.05, 3.63) is 53.7 Å². The Hall–Kier alpha value is -3.08. The van der Waals surface area contributed by atoms with Crippen LogP contribution in [0.4, 0.5) is 28.8 Å². The van der Waals surface area contributed by atoms with Crippen molar-refractivity contribution in [2.75, 3.05) is 48.2 Å². The van der Waals surface area contributed by atoms with Crippen molar-refractivity contribution in [3.63, 3.8) is 0 Å². The largest absolute Gasteiger partial charge is 0.489 e. The summed E-state index contributed by atoms with van der Waals surface area (Å²) in [6.07, 6.45) is 2.61. The number of nitrogens with zero attached hydrogens (tertiary/aromatic N) is 3. The Morgan fingerprint density at radius 2 is 2.00 bits per heavy atom. The third kappa shape index (κ3) is 4.54. The smallest absolute Gasteiger partial charge is 0.229 e. The van der Waals surface area contributed by atoms with Crippen LogP contribution in [0.2, 0.25) is 5.02 Å². The number of para-hydroxylation sites is 1. The van der Waals surface area contributed by atoms with E-state index >= 15 is 0 Å². The van der Waals surface area contributed by atoms with Gasteiger partial charge in [-0.15, -0.1) is 0 Å².